The van der Waals surface area contributed by atoms with Crippen LogP contribution in [0.3, 0.4) is 0 Å². The van der Waals surface area contributed by atoms with E-state index < -0.39 is 22.2 Å². The van der Waals surface area contributed by atoms with Crippen molar-refractivity contribution in [3.63, 3.8) is 0 Å². The van der Waals surface area contributed by atoms with Crippen molar-refractivity contribution in [3.8, 4) is 0 Å². The lowest BCUT2D eigenvalue weighted by molar-refractivity contribution is -0.134. The van der Waals surface area contributed by atoms with E-state index in [0.29, 0.717) is 13.1 Å². The van der Waals surface area contributed by atoms with E-state index in [9.17, 15) is 13.2 Å². The van der Waals surface area contributed by atoms with Gasteiger partial charge in [-0.15, -0.1) is 0 Å². The molecule has 0 bridgehead atoms. The molecule has 0 spiro atoms. The molecule has 0 aliphatic carbocycles. The first-order valence-electron chi connectivity index (χ1n) is 8.62. The fourth-order valence-electron chi connectivity index (χ4n) is 3.16. The van der Waals surface area contributed by atoms with Crippen LogP contribution >= 0.6 is 0 Å². The Hall–Kier alpha value is -1.48. The minimum absolute atomic E-state index is 0.0793. The second-order valence-electron chi connectivity index (χ2n) is 6.66. The second kappa shape index (κ2) is 8.75. The highest BCUT2D eigenvalue weighted by atomic mass is 32.2. The van der Waals surface area contributed by atoms with Gasteiger partial charge in [-0.1, -0.05) is 50.6 Å². The quantitative estimate of drug-likeness (QED) is 0.566. The summed E-state index contributed by atoms with van der Waals surface area (Å²) in [6.45, 7) is 4.53. The predicted octanol–water partition coefficient (Wildman–Crippen LogP) is 1.75. The monoisotopic (exact) mass is 369 g/mol. The Morgan fingerprint density at radius 1 is 1.20 bits per heavy atom. The Labute approximate surface area is 149 Å². The number of hydrogen-bond donors (Lipinski definition) is 2. The van der Waals surface area contributed by atoms with Gasteiger partial charge in [0.05, 0.1) is 0 Å². The van der Waals surface area contributed by atoms with E-state index in [1.807, 2.05) is 30.3 Å². The van der Waals surface area contributed by atoms with Gasteiger partial charge in [0.2, 0.25) is 0 Å². The highest BCUT2D eigenvalue weighted by molar-refractivity contribution is 7.86. The molecule has 0 aromatic heterocycles. The minimum atomic E-state index is -3.83. The van der Waals surface area contributed by atoms with Gasteiger partial charge < -0.3 is 0 Å². The maximum absolute atomic E-state index is 13.2. The van der Waals surface area contributed by atoms with E-state index in [4.69, 9.17) is 5.21 Å². The Balaban J connectivity index is 2.41. The van der Waals surface area contributed by atoms with Crippen molar-refractivity contribution in [2.75, 3.05) is 13.1 Å². The smallest absolute Gasteiger partial charge is 0.283 e. The van der Waals surface area contributed by atoms with Gasteiger partial charge in [-0.2, -0.15) is 17.0 Å². The Bertz CT molecular complexity index is 658. The van der Waals surface area contributed by atoms with E-state index in [1.165, 1.54) is 8.61 Å². The normalized spacial score (nSPS) is 17.6. The summed E-state index contributed by atoms with van der Waals surface area (Å²) in [6.07, 6.45) is 2.64. The molecule has 2 N–H and O–H groups in total. The van der Waals surface area contributed by atoms with Crippen molar-refractivity contribution in [2.24, 2.45) is 5.92 Å². The van der Waals surface area contributed by atoms with Gasteiger partial charge in [-0.05, 0) is 24.3 Å². The number of hydroxylamine groups is 1. The summed E-state index contributed by atoms with van der Waals surface area (Å²) >= 11 is 0. The number of nitrogens with zero attached hydrogens (tertiary/aromatic N) is 2. The summed E-state index contributed by atoms with van der Waals surface area (Å²) in [5.74, 6) is -1.01. The fourth-order valence-corrected chi connectivity index (χ4v) is 5.12. The van der Waals surface area contributed by atoms with Crippen molar-refractivity contribution in [1.29, 1.82) is 0 Å². The van der Waals surface area contributed by atoms with Crippen LogP contribution in [0.2, 0.25) is 0 Å². The minimum Gasteiger partial charge on any atom is -0.289 e. The van der Waals surface area contributed by atoms with Gasteiger partial charge in [0.15, 0.2) is 0 Å². The second-order valence-corrected chi connectivity index (χ2v) is 8.54. The van der Waals surface area contributed by atoms with Crippen LogP contribution in [-0.2, 0) is 21.5 Å². The van der Waals surface area contributed by atoms with E-state index in [-0.39, 0.29) is 12.5 Å². The molecule has 0 saturated carbocycles. The van der Waals surface area contributed by atoms with Crippen LogP contribution in [0, 0.1) is 5.92 Å². The van der Waals surface area contributed by atoms with Crippen LogP contribution in [0.5, 0.6) is 0 Å². The lowest BCUT2D eigenvalue weighted by Crippen LogP contribution is -2.56. The molecular weight excluding hydrogens is 342 g/mol. The third kappa shape index (κ3) is 4.78. The number of amides is 1. The number of benzene rings is 1. The first-order chi connectivity index (χ1) is 11.9. The fraction of sp³-hybridized carbons (Fsp3) is 0.588. The molecule has 1 aromatic rings. The number of carbonyl (C=O) groups excluding carboxylic acids is 1. The average molecular weight is 369 g/mol. The summed E-state index contributed by atoms with van der Waals surface area (Å²) in [6, 6.07) is 8.18. The highest BCUT2D eigenvalue weighted by Crippen LogP contribution is 2.24. The van der Waals surface area contributed by atoms with Gasteiger partial charge in [0.25, 0.3) is 16.1 Å². The molecule has 25 heavy (non-hydrogen) atoms. The zero-order valence-corrected chi connectivity index (χ0v) is 15.6. The molecule has 1 saturated heterocycles. The molecule has 2 rings (SSSR count). The number of hydrogen-bond acceptors (Lipinski definition) is 4. The van der Waals surface area contributed by atoms with Crippen LogP contribution < -0.4 is 5.48 Å². The maximum atomic E-state index is 13.2. The third-order valence-electron chi connectivity index (χ3n) is 4.44. The van der Waals surface area contributed by atoms with Gasteiger partial charge >= 0.3 is 0 Å². The van der Waals surface area contributed by atoms with Crippen molar-refractivity contribution < 1.29 is 18.4 Å². The van der Waals surface area contributed by atoms with Gasteiger partial charge in [0.1, 0.15) is 6.04 Å². The Kier molecular flexibility index (Phi) is 6.95. The van der Waals surface area contributed by atoms with Gasteiger partial charge in [-0.3, -0.25) is 10.0 Å². The summed E-state index contributed by atoms with van der Waals surface area (Å²) < 4.78 is 29.1. The molecule has 1 aliphatic rings. The van der Waals surface area contributed by atoms with Crippen molar-refractivity contribution in [3.05, 3.63) is 35.9 Å². The lowest BCUT2D eigenvalue weighted by Gasteiger charge is -2.37. The number of carbonyl (C=O) groups is 1. The van der Waals surface area contributed by atoms with Crippen molar-refractivity contribution >= 4 is 16.1 Å². The molecule has 140 valence electrons. The number of piperidine rings is 1. The van der Waals surface area contributed by atoms with Gasteiger partial charge in [0, 0.05) is 19.6 Å². The SMILES string of the molecule is CC(C)[C@H](C(=O)NO)N(Cc1ccccc1)S(=O)(=O)N1CCCCC1. The first kappa shape index (κ1) is 19.8. The number of rotatable bonds is 7. The van der Waals surface area contributed by atoms with E-state index in [0.717, 1.165) is 24.8 Å². The maximum Gasteiger partial charge on any atom is 0.283 e. The van der Waals surface area contributed by atoms with Crippen molar-refractivity contribution in [1.82, 2.24) is 14.1 Å². The highest BCUT2D eigenvalue weighted by Gasteiger charge is 2.40. The molecule has 1 aliphatic heterocycles. The lowest BCUT2D eigenvalue weighted by atomic mass is 10.0. The standard InChI is InChI=1S/C17H27N3O4S/c1-14(2)16(17(21)18-22)20(13-15-9-5-3-6-10-15)25(23,24)19-11-7-4-8-12-19/h3,5-6,9-10,14,16,22H,4,7-8,11-13H2,1-2H3,(H,18,21)/t16-/m1/s1. The summed E-state index contributed by atoms with van der Waals surface area (Å²) in [5.41, 5.74) is 2.42. The van der Waals surface area contributed by atoms with Gasteiger partial charge in [-0.25, -0.2) is 5.48 Å². The molecule has 0 radical (unpaired) electrons. The summed E-state index contributed by atoms with van der Waals surface area (Å²) in [4.78, 5) is 12.2. The number of nitrogens with one attached hydrogen (secondary N) is 1. The largest absolute Gasteiger partial charge is 0.289 e. The van der Waals surface area contributed by atoms with Crippen LogP contribution in [0.15, 0.2) is 30.3 Å². The average Bonchev–Trinajstić information content (AvgIpc) is 2.62. The topological polar surface area (TPSA) is 90.0 Å². The van der Waals surface area contributed by atoms with E-state index in [2.05, 4.69) is 0 Å². The Morgan fingerprint density at radius 3 is 2.32 bits per heavy atom. The molecule has 0 unspecified atom stereocenters. The molecule has 7 nitrogen and oxygen atoms in total. The third-order valence-corrected chi connectivity index (χ3v) is 6.41. The zero-order valence-electron chi connectivity index (χ0n) is 14.8. The van der Waals surface area contributed by atoms with Crippen LogP contribution in [0.25, 0.3) is 0 Å². The van der Waals surface area contributed by atoms with E-state index >= 15 is 0 Å². The van der Waals surface area contributed by atoms with Crippen LogP contribution in [-0.4, -0.2) is 47.3 Å². The first-order valence-corrected chi connectivity index (χ1v) is 10.0. The van der Waals surface area contributed by atoms with Crippen molar-refractivity contribution in [2.45, 2.75) is 45.7 Å². The summed E-state index contributed by atoms with van der Waals surface area (Å²) in [7, 11) is -3.83. The molecule has 1 amide bonds. The molecule has 1 fully saturated rings. The van der Waals surface area contributed by atoms with Crippen LogP contribution in [0.1, 0.15) is 38.7 Å². The molecule has 1 atom stereocenters. The van der Waals surface area contributed by atoms with Crippen LogP contribution in [0.4, 0.5) is 0 Å². The Morgan fingerprint density at radius 2 is 1.80 bits per heavy atom. The zero-order chi connectivity index (χ0) is 18.4. The predicted molar refractivity (Wildman–Crippen MR) is 94.9 cm³/mol. The molecule has 8 heteroatoms. The molecule has 1 heterocycles. The molecule has 1 aromatic carbocycles. The van der Waals surface area contributed by atoms with E-state index in [1.54, 1.807) is 19.3 Å². The molecular formula is C17H27N3O4S. The summed E-state index contributed by atoms with van der Waals surface area (Å²) in [5, 5.41) is 9.11.